The number of nitrogens with zero attached hydrogens (tertiary/aromatic N) is 1. The van der Waals surface area contributed by atoms with E-state index in [9.17, 15) is 14.0 Å². The van der Waals surface area contributed by atoms with Crippen molar-refractivity contribution in [3.05, 3.63) is 24.0 Å². The third-order valence-electron chi connectivity index (χ3n) is 3.94. The maximum absolute atomic E-state index is 13.8. The van der Waals surface area contributed by atoms with Crippen molar-refractivity contribution < 1.29 is 14.0 Å². The Morgan fingerprint density at radius 2 is 2.00 bits per heavy atom. The summed E-state index contributed by atoms with van der Waals surface area (Å²) in [6.45, 7) is 5.50. The van der Waals surface area contributed by atoms with Gasteiger partial charge in [-0.25, -0.2) is 9.29 Å². The van der Waals surface area contributed by atoms with Crippen LogP contribution in [0.1, 0.15) is 27.2 Å². The van der Waals surface area contributed by atoms with Crippen LogP contribution >= 0.6 is 0 Å². The zero-order valence-corrected chi connectivity index (χ0v) is 11.2. The molecule has 2 amide bonds. The van der Waals surface area contributed by atoms with Gasteiger partial charge in [0.15, 0.2) is 0 Å². The molecule has 1 saturated heterocycles. The van der Waals surface area contributed by atoms with Crippen molar-refractivity contribution in [3.63, 3.8) is 0 Å². The molecule has 5 heteroatoms. The van der Waals surface area contributed by atoms with E-state index < -0.39 is 11.2 Å². The largest absolute Gasteiger partial charge is 0.399 e. The second-order valence-corrected chi connectivity index (χ2v) is 5.49. The predicted octanol–water partition coefficient (Wildman–Crippen LogP) is 2.33. The summed E-state index contributed by atoms with van der Waals surface area (Å²) in [6, 6.07) is 3.87. The van der Waals surface area contributed by atoms with Crippen LogP contribution in [0, 0.1) is 17.2 Å². The van der Waals surface area contributed by atoms with Crippen molar-refractivity contribution in [2.45, 2.75) is 27.2 Å². The minimum absolute atomic E-state index is 0.00179. The maximum atomic E-state index is 13.8. The topological polar surface area (TPSA) is 63.4 Å². The molecular formula is C14H17FN2O2. The second kappa shape index (κ2) is 4.33. The van der Waals surface area contributed by atoms with Crippen LogP contribution in [0.25, 0.3) is 0 Å². The van der Waals surface area contributed by atoms with Gasteiger partial charge in [-0.2, -0.15) is 0 Å². The number of hydrogen-bond acceptors (Lipinski definition) is 3. The lowest BCUT2D eigenvalue weighted by Gasteiger charge is -2.26. The molecule has 1 aromatic carbocycles. The number of amides is 2. The number of anilines is 2. The molecule has 2 N–H and O–H groups in total. The van der Waals surface area contributed by atoms with Crippen LogP contribution in [0.3, 0.4) is 0 Å². The number of carbonyl (C=O) groups excluding carboxylic acids is 2. The Morgan fingerprint density at radius 1 is 1.37 bits per heavy atom. The first-order valence-corrected chi connectivity index (χ1v) is 6.20. The third kappa shape index (κ3) is 1.99. The van der Waals surface area contributed by atoms with Gasteiger partial charge in [0.05, 0.1) is 11.1 Å². The summed E-state index contributed by atoms with van der Waals surface area (Å²) in [5, 5.41) is 0. The zero-order chi connectivity index (χ0) is 14.4. The molecule has 1 aliphatic heterocycles. The van der Waals surface area contributed by atoms with Crippen LogP contribution in [-0.4, -0.2) is 11.8 Å². The Kier molecular flexibility index (Phi) is 3.08. The van der Waals surface area contributed by atoms with E-state index in [0.29, 0.717) is 5.69 Å². The number of imide groups is 1. The van der Waals surface area contributed by atoms with E-state index in [4.69, 9.17) is 5.73 Å². The molecule has 0 aliphatic carbocycles. The van der Waals surface area contributed by atoms with E-state index in [1.54, 1.807) is 6.92 Å². The highest BCUT2D eigenvalue weighted by Gasteiger charge is 2.51. The number of carbonyl (C=O) groups is 2. The Labute approximate surface area is 111 Å². The maximum Gasteiger partial charge on any atom is 0.240 e. The summed E-state index contributed by atoms with van der Waals surface area (Å²) in [5.41, 5.74) is 5.07. The summed E-state index contributed by atoms with van der Waals surface area (Å²) in [4.78, 5) is 25.4. The fourth-order valence-electron chi connectivity index (χ4n) is 2.23. The van der Waals surface area contributed by atoms with E-state index >= 15 is 0 Å². The highest BCUT2D eigenvalue weighted by Crippen LogP contribution is 2.42. The van der Waals surface area contributed by atoms with Crippen molar-refractivity contribution in [3.8, 4) is 0 Å². The summed E-state index contributed by atoms with van der Waals surface area (Å²) in [5.74, 6) is -1.37. The highest BCUT2D eigenvalue weighted by molar-refractivity contribution is 6.22. The highest BCUT2D eigenvalue weighted by atomic mass is 19.1. The molecule has 0 saturated carbocycles. The van der Waals surface area contributed by atoms with E-state index in [2.05, 4.69) is 0 Å². The van der Waals surface area contributed by atoms with Gasteiger partial charge in [-0.3, -0.25) is 9.59 Å². The average molecular weight is 264 g/mol. The first-order valence-electron chi connectivity index (χ1n) is 6.20. The van der Waals surface area contributed by atoms with Gasteiger partial charge in [-0.05, 0) is 31.0 Å². The van der Waals surface area contributed by atoms with Crippen LogP contribution < -0.4 is 10.6 Å². The zero-order valence-electron chi connectivity index (χ0n) is 11.2. The number of benzene rings is 1. The average Bonchev–Trinajstić information content (AvgIpc) is 2.55. The summed E-state index contributed by atoms with van der Waals surface area (Å²) in [6.07, 6.45) is 0.0950. The molecule has 0 spiro atoms. The monoisotopic (exact) mass is 264 g/mol. The van der Waals surface area contributed by atoms with E-state index in [1.807, 2.05) is 13.8 Å². The number of nitrogens with two attached hydrogens (primary N) is 1. The fourth-order valence-corrected chi connectivity index (χ4v) is 2.23. The lowest BCUT2D eigenvalue weighted by molar-refractivity contribution is -0.126. The normalized spacial score (nSPS) is 23.5. The quantitative estimate of drug-likeness (QED) is 0.658. The van der Waals surface area contributed by atoms with Gasteiger partial charge < -0.3 is 5.73 Å². The van der Waals surface area contributed by atoms with Gasteiger partial charge in [0.1, 0.15) is 5.82 Å². The summed E-state index contributed by atoms with van der Waals surface area (Å²) >= 11 is 0. The van der Waals surface area contributed by atoms with E-state index in [1.165, 1.54) is 12.1 Å². The van der Waals surface area contributed by atoms with Gasteiger partial charge in [0.25, 0.3) is 0 Å². The molecule has 0 aromatic heterocycles. The standard InChI is InChI=1S/C14H17FN2O2/c1-8(2)14(3)7-12(18)17(13(14)19)11-6-9(16)4-5-10(11)15/h4-6,8H,7,16H2,1-3H3. The van der Waals surface area contributed by atoms with Gasteiger partial charge in [0, 0.05) is 12.1 Å². The molecule has 1 unspecified atom stereocenters. The smallest absolute Gasteiger partial charge is 0.240 e. The van der Waals surface area contributed by atoms with Crippen molar-refractivity contribution >= 4 is 23.2 Å². The molecule has 4 nitrogen and oxygen atoms in total. The first kappa shape index (κ1) is 13.5. The lowest BCUT2D eigenvalue weighted by atomic mass is 9.78. The summed E-state index contributed by atoms with van der Waals surface area (Å²) < 4.78 is 13.8. The Morgan fingerprint density at radius 3 is 2.53 bits per heavy atom. The molecule has 0 bridgehead atoms. The summed E-state index contributed by atoms with van der Waals surface area (Å²) in [7, 11) is 0. The molecule has 0 radical (unpaired) electrons. The van der Waals surface area contributed by atoms with E-state index in [-0.39, 0.29) is 29.8 Å². The lowest BCUT2D eigenvalue weighted by Crippen LogP contribution is -2.37. The Balaban J connectivity index is 2.49. The Hall–Kier alpha value is -1.91. The van der Waals surface area contributed by atoms with E-state index in [0.717, 1.165) is 11.0 Å². The van der Waals surface area contributed by atoms with Crippen LogP contribution in [0.5, 0.6) is 0 Å². The SMILES string of the molecule is CC(C)C1(C)CC(=O)N(c2cc(N)ccc2F)C1=O. The van der Waals surface area contributed by atoms with Crippen molar-refractivity contribution in [1.29, 1.82) is 0 Å². The van der Waals surface area contributed by atoms with Gasteiger partial charge in [0.2, 0.25) is 11.8 Å². The first-order chi connectivity index (χ1) is 8.77. The van der Waals surface area contributed by atoms with Crippen molar-refractivity contribution in [2.75, 3.05) is 10.6 Å². The molecule has 1 aliphatic rings. The number of nitrogen functional groups attached to an aromatic ring is 1. The van der Waals surface area contributed by atoms with Crippen LogP contribution in [0.2, 0.25) is 0 Å². The molecule has 1 atom stereocenters. The fraction of sp³-hybridized carbons (Fsp3) is 0.429. The molecule has 102 valence electrons. The van der Waals surface area contributed by atoms with Crippen LogP contribution in [-0.2, 0) is 9.59 Å². The minimum atomic E-state index is -0.784. The number of hydrogen-bond donors (Lipinski definition) is 1. The molecule has 1 fully saturated rings. The van der Waals surface area contributed by atoms with Crippen LogP contribution in [0.4, 0.5) is 15.8 Å². The molecular weight excluding hydrogens is 247 g/mol. The number of rotatable bonds is 2. The Bertz CT molecular complexity index is 556. The number of halogens is 1. The van der Waals surface area contributed by atoms with Gasteiger partial charge in [-0.15, -0.1) is 0 Å². The molecule has 19 heavy (non-hydrogen) atoms. The molecule has 2 rings (SSSR count). The molecule has 1 aromatic rings. The molecule has 1 heterocycles. The van der Waals surface area contributed by atoms with Crippen molar-refractivity contribution in [2.24, 2.45) is 11.3 Å². The second-order valence-electron chi connectivity index (χ2n) is 5.49. The van der Waals surface area contributed by atoms with Crippen LogP contribution in [0.15, 0.2) is 18.2 Å². The van der Waals surface area contributed by atoms with Crippen molar-refractivity contribution in [1.82, 2.24) is 0 Å². The predicted molar refractivity (Wildman–Crippen MR) is 70.9 cm³/mol. The van der Waals surface area contributed by atoms with Gasteiger partial charge in [-0.1, -0.05) is 13.8 Å². The minimum Gasteiger partial charge on any atom is -0.399 e. The van der Waals surface area contributed by atoms with Gasteiger partial charge >= 0.3 is 0 Å². The third-order valence-corrected chi connectivity index (χ3v) is 3.94.